The Morgan fingerprint density at radius 2 is 1.78 bits per heavy atom. The minimum absolute atomic E-state index is 0.0611. The fraction of sp³-hybridized carbons (Fsp3) is 0.391. The van der Waals surface area contributed by atoms with Gasteiger partial charge in [-0.1, -0.05) is 32.0 Å². The molecule has 168 valence electrons. The summed E-state index contributed by atoms with van der Waals surface area (Å²) in [7, 11) is 0. The van der Waals surface area contributed by atoms with Crippen LogP contribution in [0.2, 0.25) is 0 Å². The fourth-order valence-electron chi connectivity index (χ4n) is 4.42. The van der Waals surface area contributed by atoms with Gasteiger partial charge in [0, 0.05) is 43.0 Å². The van der Waals surface area contributed by atoms with E-state index in [0.29, 0.717) is 31.6 Å². The number of nitrogens with one attached hydrogen (secondary N) is 2. The Kier molecular flexibility index (Phi) is 5.84. The van der Waals surface area contributed by atoms with Crippen LogP contribution in [0.3, 0.4) is 0 Å². The molecule has 3 amide bonds. The van der Waals surface area contributed by atoms with Crippen molar-refractivity contribution in [1.29, 1.82) is 0 Å². The second-order valence-corrected chi connectivity index (χ2v) is 8.73. The molecule has 2 aliphatic rings. The summed E-state index contributed by atoms with van der Waals surface area (Å²) >= 11 is 0. The van der Waals surface area contributed by atoms with Crippen molar-refractivity contribution in [3.05, 3.63) is 64.2 Å². The minimum Gasteiger partial charge on any atom is -0.371 e. The third-order valence-electron chi connectivity index (χ3n) is 6.26. The molecule has 0 unspecified atom stereocenters. The van der Waals surface area contributed by atoms with Crippen molar-refractivity contribution in [1.82, 2.24) is 10.4 Å². The topological polar surface area (TPSA) is 108 Å². The first-order valence-corrected chi connectivity index (χ1v) is 10.8. The largest absolute Gasteiger partial charge is 0.371 e. The van der Waals surface area contributed by atoms with Crippen LogP contribution in [0.4, 0.5) is 21.9 Å². The summed E-state index contributed by atoms with van der Waals surface area (Å²) in [4.78, 5) is 38.1. The maximum atomic E-state index is 12.9. The molecule has 0 radical (unpaired) electrons. The zero-order valence-corrected chi connectivity index (χ0v) is 18.2. The quantitative estimate of drug-likeness (QED) is 0.552. The van der Waals surface area contributed by atoms with E-state index in [2.05, 4.69) is 29.5 Å². The van der Waals surface area contributed by atoms with E-state index in [4.69, 9.17) is 0 Å². The van der Waals surface area contributed by atoms with E-state index in [1.54, 1.807) is 12.1 Å². The van der Waals surface area contributed by atoms with Gasteiger partial charge < -0.3 is 10.2 Å². The molecule has 0 aromatic heterocycles. The van der Waals surface area contributed by atoms with E-state index in [1.807, 2.05) is 24.3 Å². The summed E-state index contributed by atoms with van der Waals surface area (Å²) in [5.74, 6) is -0.00264. The van der Waals surface area contributed by atoms with Crippen LogP contribution in [0.25, 0.3) is 0 Å². The number of para-hydroxylation sites is 1. The van der Waals surface area contributed by atoms with Crippen LogP contribution < -0.4 is 15.6 Å². The molecule has 2 saturated heterocycles. The van der Waals surface area contributed by atoms with Gasteiger partial charge in [0.15, 0.2) is 0 Å². The number of benzene rings is 2. The van der Waals surface area contributed by atoms with Crippen molar-refractivity contribution in [2.75, 3.05) is 23.3 Å². The molecule has 32 heavy (non-hydrogen) atoms. The van der Waals surface area contributed by atoms with Crippen LogP contribution in [0.15, 0.2) is 48.5 Å². The zero-order valence-electron chi connectivity index (χ0n) is 18.2. The van der Waals surface area contributed by atoms with Crippen molar-refractivity contribution in [3.63, 3.8) is 0 Å². The van der Waals surface area contributed by atoms with Crippen LogP contribution in [-0.2, 0) is 4.79 Å². The molecule has 2 heterocycles. The molecule has 0 aliphatic carbocycles. The van der Waals surface area contributed by atoms with E-state index in [1.165, 1.54) is 12.1 Å². The monoisotopic (exact) mass is 437 g/mol. The SMILES string of the molecule is CC(C)c1ccccc1NC(=O)N1NC2(CCN(c3ccc([N+](=O)[O-])cc3)CC2)CC1=O. The molecule has 2 aromatic carbocycles. The van der Waals surface area contributed by atoms with E-state index in [0.717, 1.165) is 16.3 Å². The van der Waals surface area contributed by atoms with E-state index >= 15 is 0 Å². The molecule has 0 bridgehead atoms. The van der Waals surface area contributed by atoms with Crippen LogP contribution in [0, 0.1) is 10.1 Å². The van der Waals surface area contributed by atoms with Crippen molar-refractivity contribution >= 4 is 29.0 Å². The Morgan fingerprint density at radius 3 is 2.41 bits per heavy atom. The normalized spacial score (nSPS) is 17.8. The number of amides is 3. The third kappa shape index (κ3) is 4.29. The summed E-state index contributed by atoms with van der Waals surface area (Å²) < 4.78 is 0. The molecule has 4 rings (SSSR count). The van der Waals surface area contributed by atoms with Gasteiger partial charge in [-0.2, -0.15) is 5.01 Å². The van der Waals surface area contributed by atoms with Gasteiger partial charge >= 0.3 is 6.03 Å². The first-order valence-electron chi connectivity index (χ1n) is 10.8. The van der Waals surface area contributed by atoms with E-state index in [9.17, 15) is 19.7 Å². The number of nitro groups is 1. The lowest BCUT2D eigenvalue weighted by atomic mass is 9.86. The zero-order chi connectivity index (χ0) is 22.9. The number of urea groups is 1. The Labute approximate surface area is 186 Å². The highest BCUT2D eigenvalue weighted by Crippen LogP contribution is 2.34. The molecule has 2 N–H and O–H groups in total. The van der Waals surface area contributed by atoms with Crippen molar-refractivity contribution in [2.45, 2.75) is 44.6 Å². The van der Waals surface area contributed by atoms with Gasteiger partial charge in [-0.05, 0) is 42.5 Å². The highest BCUT2D eigenvalue weighted by Gasteiger charge is 2.47. The number of piperidine rings is 1. The molecule has 0 atom stereocenters. The van der Waals surface area contributed by atoms with E-state index in [-0.39, 0.29) is 23.9 Å². The Morgan fingerprint density at radius 1 is 1.12 bits per heavy atom. The maximum absolute atomic E-state index is 12.9. The molecular formula is C23H27N5O4. The van der Waals surface area contributed by atoms with Crippen LogP contribution in [0.5, 0.6) is 0 Å². The average Bonchev–Trinajstić information content (AvgIpc) is 3.10. The van der Waals surface area contributed by atoms with Gasteiger partial charge in [0.1, 0.15) is 0 Å². The number of rotatable bonds is 4. The van der Waals surface area contributed by atoms with Gasteiger partial charge in [0.2, 0.25) is 5.91 Å². The number of non-ortho nitro benzene ring substituents is 1. The lowest BCUT2D eigenvalue weighted by Gasteiger charge is -2.40. The van der Waals surface area contributed by atoms with Gasteiger partial charge in [-0.15, -0.1) is 0 Å². The second kappa shape index (κ2) is 8.58. The lowest BCUT2D eigenvalue weighted by molar-refractivity contribution is -0.384. The number of carbonyl (C=O) groups excluding carboxylic acids is 2. The highest BCUT2D eigenvalue weighted by atomic mass is 16.6. The maximum Gasteiger partial charge on any atom is 0.343 e. The predicted molar refractivity (Wildman–Crippen MR) is 121 cm³/mol. The average molecular weight is 438 g/mol. The van der Waals surface area contributed by atoms with Crippen LogP contribution >= 0.6 is 0 Å². The number of imide groups is 1. The summed E-state index contributed by atoms with van der Waals surface area (Å²) in [5.41, 5.74) is 5.41. The number of carbonyl (C=O) groups is 2. The molecule has 0 saturated carbocycles. The predicted octanol–water partition coefficient (Wildman–Crippen LogP) is 4.03. The smallest absolute Gasteiger partial charge is 0.343 e. The van der Waals surface area contributed by atoms with Gasteiger partial charge in [-0.3, -0.25) is 14.9 Å². The van der Waals surface area contributed by atoms with Crippen LogP contribution in [-0.4, -0.2) is 40.5 Å². The van der Waals surface area contributed by atoms with Crippen molar-refractivity contribution in [2.24, 2.45) is 0 Å². The standard InChI is InChI=1S/C23H27N5O4/c1-16(2)19-5-3-4-6-20(19)24-22(30)27-21(29)15-23(25-27)11-13-26(14-12-23)17-7-9-18(10-8-17)28(31)32/h3-10,16,25H,11-15H2,1-2H3,(H,24,30). The fourth-order valence-corrected chi connectivity index (χ4v) is 4.42. The number of nitrogens with zero attached hydrogens (tertiary/aromatic N) is 3. The van der Waals surface area contributed by atoms with E-state index < -0.39 is 16.5 Å². The molecule has 9 nitrogen and oxygen atoms in total. The molecule has 1 spiro atoms. The van der Waals surface area contributed by atoms with Crippen molar-refractivity contribution < 1.29 is 14.5 Å². The molecule has 2 aromatic rings. The molecule has 2 fully saturated rings. The van der Waals surface area contributed by atoms with Gasteiger partial charge in [0.25, 0.3) is 5.69 Å². The summed E-state index contributed by atoms with van der Waals surface area (Å²) in [6, 6.07) is 13.6. The highest BCUT2D eigenvalue weighted by molar-refractivity contribution is 6.02. The lowest BCUT2D eigenvalue weighted by Crippen LogP contribution is -2.55. The molecule has 9 heteroatoms. The summed E-state index contributed by atoms with van der Waals surface area (Å²) in [5, 5.41) is 14.8. The number of hydrazine groups is 1. The summed E-state index contributed by atoms with van der Waals surface area (Å²) in [6.07, 6.45) is 1.63. The first-order chi connectivity index (χ1) is 15.3. The molecular weight excluding hydrogens is 410 g/mol. The first kappa shape index (κ1) is 21.8. The Balaban J connectivity index is 1.39. The number of nitro benzene ring substituents is 1. The summed E-state index contributed by atoms with van der Waals surface area (Å²) in [6.45, 7) is 5.48. The number of anilines is 2. The van der Waals surface area contributed by atoms with Gasteiger partial charge in [-0.25, -0.2) is 10.2 Å². The molecule has 2 aliphatic heterocycles. The number of hydrogen-bond donors (Lipinski definition) is 2. The second-order valence-electron chi connectivity index (χ2n) is 8.73. The Bertz CT molecular complexity index is 1030. The third-order valence-corrected chi connectivity index (χ3v) is 6.26. The van der Waals surface area contributed by atoms with Gasteiger partial charge in [0.05, 0.1) is 10.5 Å². The number of hydrogen-bond acceptors (Lipinski definition) is 6. The van der Waals surface area contributed by atoms with Crippen LogP contribution in [0.1, 0.15) is 44.6 Å². The minimum atomic E-state index is -0.474. The van der Waals surface area contributed by atoms with Crippen molar-refractivity contribution in [3.8, 4) is 0 Å². The Hall–Kier alpha value is -3.46.